The minimum atomic E-state index is -0.266. The Kier molecular flexibility index (Phi) is 3.48. The Morgan fingerprint density at radius 3 is 2.35 bits per heavy atom. The van der Waals surface area contributed by atoms with Crippen LogP contribution in [0.5, 0.6) is 0 Å². The lowest BCUT2D eigenvalue weighted by Gasteiger charge is -2.17. The monoisotopic (exact) mass is 233 g/mol. The molecule has 1 aliphatic rings. The van der Waals surface area contributed by atoms with E-state index >= 15 is 0 Å². The van der Waals surface area contributed by atoms with Gasteiger partial charge >= 0.3 is 0 Å². The molecule has 1 aromatic carbocycles. The molecular weight excluding hydrogens is 214 g/mol. The van der Waals surface area contributed by atoms with E-state index in [1.54, 1.807) is 0 Å². The number of ether oxygens (including phenoxy) is 1. The average Bonchev–Trinajstić information content (AvgIpc) is 3.11. The smallest absolute Gasteiger partial charge is 0.254 e. The summed E-state index contributed by atoms with van der Waals surface area (Å²) in [6.07, 6.45) is -0.304. The molecule has 3 nitrogen and oxygen atoms in total. The molecule has 17 heavy (non-hydrogen) atoms. The molecule has 0 aliphatic carbocycles. The molecule has 1 amide bonds. The Bertz CT molecular complexity index is 395. The van der Waals surface area contributed by atoms with E-state index in [0.717, 1.165) is 18.7 Å². The van der Waals surface area contributed by atoms with Gasteiger partial charge in [0.25, 0.3) is 5.91 Å². The van der Waals surface area contributed by atoms with Crippen LogP contribution in [0.4, 0.5) is 0 Å². The first-order valence-corrected chi connectivity index (χ1v) is 6.18. The Balaban J connectivity index is 2.00. The molecular formula is C14H19NO2. The molecule has 1 aliphatic heterocycles. The number of aryl methyl sites for hydroxylation is 1. The molecule has 0 aromatic heterocycles. The normalized spacial score (nSPS) is 22.3. The number of epoxide rings is 1. The summed E-state index contributed by atoms with van der Waals surface area (Å²) in [5, 5.41) is 0. The molecule has 1 fully saturated rings. The molecule has 0 unspecified atom stereocenters. The number of likely N-dealkylation sites (N-methyl/N-ethyl adjacent to an activating group) is 1. The van der Waals surface area contributed by atoms with Crippen LogP contribution in [0.2, 0.25) is 0 Å². The van der Waals surface area contributed by atoms with Crippen LogP contribution in [-0.2, 0) is 9.53 Å². The number of benzene rings is 1. The summed E-state index contributed by atoms with van der Waals surface area (Å²) in [7, 11) is 0. The van der Waals surface area contributed by atoms with E-state index in [-0.39, 0.29) is 18.1 Å². The number of amides is 1. The summed E-state index contributed by atoms with van der Waals surface area (Å²) in [5.74, 6) is 0.112. The average molecular weight is 233 g/mol. The van der Waals surface area contributed by atoms with Gasteiger partial charge in [-0.2, -0.15) is 0 Å². The van der Waals surface area contributed by atoms with Crippen molar-refractivity contribution in [2.75, 3.05) is 13.1 Å². The number of nitrogens with zero attached hydrogens (tertiary/aromatic N) is 1. The van der Waals surface area contributed by atoms with Gasteiger partial charge < -0.3 is 9.64 Å². The van der Waals surface area contributed by atoms with Gasteiger partial charge in [-0.05, 0) is 26.3 Å². The van der Waals surface area contributed by atoms with Crippen molar-refractivity contribution in [2.45, 2.75) is 33.0 Å². The van der Waals surface area contributed by atoms with Crippen molar-refractivity contribution in [1.82, 2.24) is 4.90 Å². The number of carbonyl (C=O) groups excluding carboxylic acids is 1. The van der Waals surface area contributed by atoms with Crippen molar-refractivity contribution < 1.29 is 9.53 Å². The summed E-state index contributed by atoms with van der Waals surface area (Å²) < 4.78 is 5.50. The summed E-state index contributed by atoms with van der Waals surface area (Å²) >= 11 is 0. The second-order valence-corrected chi connectivity index (χ2v) is 4.40. The topological polar surface area (TPSA) is 32.8 Å². The molecule has 0 N–H and O–H groups in total. The van der Waals surface area contributed by atoms with Gasteiger partial charge in [-0.25, -0.2) is 0 Å². The lowest BCUT2D eigenvalue weighted by Crippen LogP contribution is -2.34. The van der Waals surface area contributed by atoms with Gasteiger partial charge in [-0.3, -0.25) is 4.79 Å². The molecule has 0 saturated carbocycles. The van der Waals surface area contributed by atoms with Crippen molar-refractivity contribution in [3.05, 3.63) is 35.4 Å². The number of rotatable bonds is 4. The third-order valence-corrected chi connectivity index (χ3v) is 3.22. The molecule has 2 rings (SSSR count). The zero-order valence-electron chi connectivity index (χ0n) is 10.6. The van der Waals surface area contributed by atoms with Crippen LogP contribution in [0.3, 0.4) is 0 Å². The van der Waals surface area contributed by atoms with Crippen LogP contribution in [0.1, 0.15) is 31.1 Å². The van der Waals surface area contributed by atoms with E-state index in [9.17, 15) is 4.79 Å². The van der Waals surface area contributed by atoms with Gasteiger partial charge in [0.15, 0.2) is 6.10 Å². The van der Waals surface area contributed by atoms with Gasteiger partial charge in [0, 0.05) is 13.1 Å². The molecule has 1 aromatic rings. The van der Waals surface area contributed by atoms with Crippen molar-refractivity contribution >= 4 is 5.91 Å². The molecule has 0 spiro atoms. The van der Waals surface area contributed by atoms with Gasteiger partial charge in [-0.1, -0.05) is 29.8 Å². The van der Waals surface area contributed by atoms with Crippen molar-refractivity contribution in [1.29, 1.82) is 0 Å². The van der Waals surface area contributed by atoms with Crippen LogP contribution >= 0.6 is 0 Å². The zero-order chi connectivity index (χ0) is 12.4. The highest BCUT2D eigenvalue weighted by atomic mass is 16.6. The number of carbonyl (C=O) groups is 1. The van der Waals surface area contributed by atoms with Crippen LogP contribution in [0.15, 0.2) is 24.3 Å². The maximum Gasteiger partial charge on any atom is 0.254 e. The van der Waals surface area contributed by atoms with Gasteiger partial charge in [0.1, 0.15) is 6.10 Å². The second kappa shape index (κ2) is 4.88. The van der Waals surface area contributed by atoms with Crippen LogP contribution in [0, 0.1) is 6.92 Å². The SMILES string of the molecule is CCN(CC)C(=O)[C@@H]1O[C@@H]1c1ccc(C)cc1. The maximum absolute atomic E-state index is 12.0. The largest absolute Gasteiger partial charge is 0.354 e. The lowest BCUT2D eigenvalue weighted by atomic mass is 10.1. The highest BCUT2D eigenvalue weighted by Gasteiger charge is 2.47. The van der Waals surface area contributed by atoms with E-state index in [0.29, 0.717) is 0 Å². The van der Waals surface area contributed by atoms with Gasteiger partial charge in [-0.15, -0.1) is 0 Å². The fourth-order valence-electron chi connectivity index (χ4n) is 2.03. The summed E-state index contributed by atoms with van der Waals surface area (Å²) in [6, 6.07) is 8.18. The van der Waals surface area contributed by atoms with Crippen LogP contribution in [0.25, 0.3) is 0 Å². The molecule has 1 heterocycles. The quantitative estimate of drug-likeness (QED) is 0.748. The highest BCUT2D eigenvalue weighted by molar-refractivity contribution is 5.84. The molecule has 0 radical (unpaired) electrons. The Labute approximate surface area is 102 Å². The van der Waals surface area contributed by atoms with Crippen molar-refractivity contribution in [3.63, 3.8) is 0 Å². The Morgan fingerprint density at radius 1 is 1.24 bits per heavy atom. The molecule has 2 atom stereocenters. The highest BCUT2D eigenvalue weighted by Crippen LogP contribution is 2.39. The van der Waals surface area contributed by atoms with E-state index in [1.807, 2.05) is 30.9 Å². The fourth-order valence-corrected chi connectivity index (χ4v) is 2.03. The maximum atomic E-state index is 12.0. The van der Waals surface area contributed by atoms with Crippen molar-refractivity contribution in [3.8, 4) is 0 Å². The minimum Gasteiger partial charge on any atom is -0.354 e. The first-order valence-electron chi connectivity index (χ1n) is 6.18. The van der Waals surface area contributed by atoms with E-state index in [4.69, 9.17) is 4.74 Å². The fraction of sp³-hybridized carbons (Fsp3) is 0.500. The van der Waals surface area contributed by atoms with Gasteiger partial charge in [0.2, 0.25) is 0 Å². The first-order chi connectivity index (χ1) is 8.17. The predicted molar refractivity (Wildman–Crippen MR) is 66.7 cm³/mol. The number of hydrogen-bond donors (Lipinski definition) is 0. The predicted octanol–water partition coefficient (Wildman–Crippen LogP) is 2.30. The second-order valence-electron chi connectivity index (χ2n) is 4.40. The Hall–Kier alpha value is -1.35. The van der Waals surface area contributed by atoms with Crippen LogP contribution in [-0.4, -0.2) is 30.0 Å². The first kappa shape index (κ1) is 12.1. The minimum absolute atomic E-state index is 0.0382. The standard InChI is InChI=1S/C14H19NO2/c1-4-15(5-2)14(16)13-12(17-13)11-8-6-10(3)7-9-11/h6-9,12-13H,4-5H2,1-3H3/t12-,13-/m1/s1. The third-order valence-electron chi connectivity index (χ3n) is 3.22. The van der Waals surface area contributed by atoms with Gasteiger partial charge in [0.05, 0.1) is 0 Å². The summed E-state index contributed by atoms with van der Waals surface area (Å²) in [4.78, 5) is 13.8. The molecule has 3 heteroatoms. The molecule has 1 saturated heterocycles. The van der Waals surface area contributed by atoms with E-state index < -0.39 is 0 Å². The van der Waals surface area contributed by atoms with Crippen LogP contribution < -0.4 is 0 Å². The van der Waals surface area contributed by atoms with E-state index in [2.05, 4.69) is 19.1 Å². The van der Waals surface area contributed by atoms with E-state index in [1.165, 1.54) is 5.56 Å². The molecule has 0 bridgehead atoms. The molecule has 92 valence electrons. The van der Waals surface area contributed by atoms with Crippen molar-refractivity contribution in [2.24, 2.45) is 0 Å². The third kappa shape index (κ3) is 2.50. The summed E-state index contributed by atoms with van der Waals surface area (Å²) in [6.45, 7) is 7.52. The summed E-state index contributed by atoms with van der Waals surface area (Å²) in [5.41, 5.74) is 2.32. The Morgan fingerprint density at radius 2 is 1.82 bits per heavy atom. The number of hydrogen-bond acceptors (Lipinski definition) is 2. The lowest BCUT2D eigenvalue weighted by molar-refractivity contribution is -0.132. The zero-order valence-corrected chi connectivity index (χ0v) is 10.6.